The van der Waals surface area contributed by atoms with Crippen molar-refractivity contribution in [2.24, 2.45) is 0 Å². The fourth-order valence-corrected chi connectivity index (χ4v) is 1.75. The summed E-state index contributed by atoms with van der Waals surface area (Å²) in [6.45, 7) is 1.84. The Kier molecular flexibility index (Phi) is 4.38. The van der Waals surface area contributed by atoms with E-state index in [2.05, 4.69) is 20.6 Å². The smallest absolute Gasteiger partial charge is 0.300 e. The average Bonchev–Trinajstić information content (AvgIpc) is 2.27. The molecule has 2 heterocycles. The molecule has 0 radical (unpaired) electrons. The van der Waals surface area contributed by atoms with Gasteiger partial charge in [-0.15, -0.1) is 12.4 Å². The van der Waals surface area contributed by atoms with Crippen molar-refractivity contribution in [2.75, 3.05) is 22.9 Å². The Hall–Kier alpha value is -1.51. The Balaban J connectivity index is 0.00000162. The maximum absolute atomic E-state index is 11.6. The van der Waals surface area contributed by atoms with Gasteiger partial charge < -0.3 is 31.6 Å². The Morgan fingerprint density at radius 3 is 2.78 bits per heavy atom. The van der Waals surface area contributed by atoms with Gasteiger partial charge in [0.2, 0.25) is 5.95 Å². The molecule has 0 fully saturated rings. The zero-order valence-corrected chi connectivity index (χ0v) is 10.5. The molecule has 0 saturated carbocycles. The molecule has 8 nitrogen and oxygen atoms in total. The quantitative estimate of drug-likeness (QED) is 0.396. The van der Waals surface area contributed by atoms with Crippen LogP contribution in [0.4, 0.5) is 17.5 Å². The number of aliphatic hydroxyl groups is 2. The lowest BCUT2D eigenvalue weighted by atomic mass is 10.0. The number of nitrogens with zero attached hydrogens (tertiary/aromatic N) is 1. The van der Waals surface area contributed by atoms with Crippen molar-refractivity contribution in [3.8, 4) is 0 Å². The van der Waals surface area contributed by atoms with Crippen LogP contribution in [-0.4, -0.2) is 45.0 Å². The summed E-state index contributed by atoms with van der Waals surface area (Å²) in [5.74, 6) is 0.467. The van der Waals surface area contributed by atoms with Crippen LogP contribution in [-0.2, 0) is 0 Å². The number of H-pyrrole nitrogens is 1. The first kappa shape index (κ1) is 14.6. The molecule has 0 bridgehead atoms. The first-order chi connectivity index (χ1) is 7.99. The summed E-state index contributed by atoms with van der Waals surface area (Å²) < 4.78 is 0. The van der Waals surface area contributed by atoms with E-state index in [-0.39, 0.29) is 24.0 Å². The van der Waals surface area contributed by atoms with Crippen LogP contribution >= 0.6 is 12.4 Å². The molecule has 9 heteroatoms. The molecule has 1 aromatic heterocycles. The Labute approximate surface area is 109 Å². The summed E-state index contributed by atoms with van der Waals surface area (Å²) in [6, 6.07) is -0.464. The van der Waals surface area contributed by atoms with Gasteiger partial charge in [0, 0.05) is 6.54 Å². The SMILES string of the molecule is C[C@H](O)[C@H](O)[C@H]1CNc2[nH]c(N)nc(=O)c2N1.Cl. The van der Waals surface area contributed by atoms with Crippen LogP contribution in [0, 0.1) is 0 Å². The van der Waals surface area contributed by atoms with Crippen molar-refractivity contribution >= 4 is 29.9 Å². The van der Waals surface area contributed by atoms with Crippen LogP contribution in [0.5, 0.6) is 0 Å². The summed E-state index contributed by atoms with van der Waals surface area (Å²) >= 11 is 0. The van der Waals surface area contributed by atoms with Gasteiger partial charge in [-0.3, -0.25) is 4.79 Å². The Morgan fingerprint density at radius 2 is 2.17 bits per heavy atom. The second kappa shape index (κ2) is 5.42. The third-order valence-electron chi connectivity index (χ3n) is 2.67. The topological polar surface area (TPSA) is 136 Å². The molecule has 0 spiro atoms. The molecule has 2 rings (SSSR count). The molecule has 7 N–H and O–H groups in total. The minimum Gasteiger partial charge on any atom is -0.391 e. The van der Waals surface area contributed by atoms with E-state index in [0.29, 0.717) is 12.4 Å². The van der Waals surface area contributed by atoms with Gasteiger partial charge in [-0.25, -0.2) is 0 Å². The zero-order chi connectivity index (χ0) is 12.6. The number of aromatic amines is 1. The van der Waals surface area contributed by atoms with Crippen LogP contribution < -0.4 is 21.9 Å². The number of halogens is 1. The molecule has 0 aromatic carbocycles. The van der Waals surface area contributed by atoms with E-state index in [4.69, 9.17) is 5.73 Å². The van der Waals surface area contributed by atoms with Crippen molar-refractivity contribution in [1.82, 2.24) is 9.97 Å². The lowest BCUT2D eigenvalue weighted by Gasteiger charge is -2.31. The average molecular weight is 278 g/mol. The second-order valence-electron chi connectivity index (χ2n) is 4.04. The molecular formula is C9H16ClN5O3. The first-order valence-corrected chi connectivity index (χ1v) is 5.25. The normalized spacial score (nSPS) is 20.7. The fourth-order valence-electron chi connectivity index (χ4n) is 1.75. The maximum atomic E-state index is 11.6. The van der Waals surface area contributed by atoms with Gasteiger partial charge in [-0.1, -0.05) is 0 Å². The van der Waals surface area contributed by atoms with Gasteiger partial charge >= 0.3 is 0 Å². The van der Waals surface area contributed by atoms with Crippen LogP contribution in [0.25, 0.3) is 0 Å². The third kappa shape index (κ3) is 2.66. The lowest BCUT2D eigenvalue weighted by Crippen LogP contribution is -2.48. The number of nitrogens with one attached hydrogen (secondary N) is 3. The highest BCUT2D eigenvalue weighted by Gasteiger charge is 2.29. The number of aromatic nitrogens is 2. The van der Waals surface area contributed by atoms with E-state index in [1.807, 2.05) is 0 Å². The van der Waals surface area contributed by atoms with E-state index in [0.717, 1.165) is 0 Å². The summed E-state index contributed by atoms with van der Waals surface area (Å²) in [5, 5.41) is 24.8. The molecule has 0 unspecified atom stereocenters. The molecule has 1 aliphatic rings. The maximum Gasteiger partial charge on any atom is 0.300 e. The van der Waals surface area contributed by atoms with E-state index in [1.165, 1.54) is 6.92 Å². The molecule has 0 aliphatic carbocycles. The zero-order valence-electron chi connectivity index (χ0n) is 9.67. The highest BCUT2D eigenvalue weighted by Crippen LogP contribution is 2.21. The monoisotopic (exact) mass is 277 g/mol. The molecule has 0 amide bonds. The first-order valence-electron chi connectivity index (χ1n) is 5.25. The third-order valence-corrected chi connectivity index (χ3v) is 2.67. The standard InChI is InChI=1S/C9H15N5O3.ClH/c1-3(15)6(16)4-2-11-7-5(12-4)8(17)14-9(10)13-7;/h3-4,6,12,15-16H,2H2,1H3,(H4,10,11,13,14,17);1H/t3-,4+,6-;/m0./s1. The molecule has 1 aromatic rings. The summed E-state index contributed by atoms with van der Waals surface area (Å²) in [5.41, 5.74) is 5.11. The highest BCUT2D eigenvalue weighted by molar-refractivity contribution is 5.85. The van der Waals surface area contributed by atoms with Gasteiger partial charge in [-0.2, -0.15) is 4.98 Å². The molecule has 1 aliphatic heterocycles. The van der Waals surface area contributed by atoms with Gasteiger partial charge in [0.05, 0.1) is 12.1 Å². The fraction of sp³-hybridized carbons (Fsp3) is 0.556. The van der Waals surface area contributed by atoms with E-state index >= 15 is 0 Å². The molecule has 3 atom stereocenters. The number of aliphatic hydroxyl groups excluding tert-OH is 2. The largest absolute Gasteiger partial charge is 0.391 e. The number of nitrogens with two attached hydrogens (primary N) is 1. The predicted octanol–water partition coefficient (Wildman–Crippen LogP) is -1.28. The van der Waals surface area contributed by atoms with Crippen LogP contribution in [0.1, 0.15) is 6.92 Å². The van der Waals surface area contributed by atoms with Crippen molar-refractivity contribution in [3.63, 3.8) is 0 Å². The van der Waals surface area contributed by atoms with Crippen molar-refractivity contribution in [1.29, 1.82) is 0 Å². The van der Waals surface area contributed by atoms with Crippen molar-refractivity contribution in [2.45, 2.75) is 25.2 Å². The van der Waals surface area contributed by atoms with Crippen LogP contribution in [0.3, 0.4) is 0 Å². The Bertz CT molecular complexity index is 478. The number of nitrogen functional groups attached to an aromatic ring is 1. The van der Waals surface area contributed by atoms with Crippen LogP contribution in [0.15, 0.2) is 4.79 Å². The van der Waals surface area contributed by atoms with Gasteiger partial charge in [0.25, 0.3) is 5.56 Å². The lowest BCUT2D eigenvalue weighted by molar-refractivity contribution is 0.0214. The van der Waals surface area contributed by atoms with E-state index in [9.17, 15) is 15.0 Å². The van der Waals surface area contributed by atoms with Crippen molar-refractivity contribution in [3.05, 3.63) is 10.4 Å². The number of hydrogen-bond acceptors (Lipinski definition) is 7. The minimum atomic E-state index is -0.979. The number of hydrogen-bond donors (Lipinski definition) is 6. The summed E-state index contributed by atoms with van der Waals surface area (Å²) in [6.07, 6.45) is -1.87. The second-order valence-corrected chi connectivity index (χ2v) is 4.04. The minimum absolute atomic E-state index is 0. The molecule has 18 heavy (non-hydrogen) atoms. The van der Waals surface area contributed by atoms with E-state index < -0.39 is 23.8 Å². The molecule has 0 saturated heterocycles. The van der Waals surface area contributed by atoms with E-state index in [1.54, 1.807) is 0 Å². The van der Waals surface area contributed by atoms with Gasteiger partial charge in [0.15, 0.2) is 0 Å². The molecule has 102 valence electrons. The van der Waals surface area contributed by atoms with Gasteiger partial charge in [-0.05, 0) is 6.92 Å². The highest BCUT2D eigenvalue weighted by atomic mass is 35.5. The number of anilines is 3. The summed E-state index contributed by atoms with van der Waals surface area (Å²) in [7, 11) is 0. The Morgan fingerprint density at radius 1 is 1.50 bits per heavy atom. The van der Waals surface area contributed by atoms with Crippen molar-refractivity contribution < 1.29 is 10.2 Å². The van der Waals surface area contributed by atoms with Crippen LogP contribution in [0.2, 0.25) is 0 Å². The molecular weight excluding hydrogens is 262 g/mol. The number of rotatable bonds is 2. The predicted molar refractivity (Wildman–Crippen MR) is 70.1 cm³/mol. The van der Waals surface area contributed by atoms with Gasteiger partial charge in [0.1, 0.15) is 17.6 Å². The number of fused-ring (bicyclic) bond motifs is 1. The summed E-state index contributed by atoms with van der Waals surface area (Å²) in [4.78, 5) is 17.8.